The van der Waals surface area contributed by atoms with Crippen molar-refractivity contribution in [3.63, 3.8) is 0 Å². The van der Waals surface area contributed by atoms with Crippen molar-refractivity contribution < 1.29 is 0 Å². The molecule has 1 aliphatic rings. The first-order valence-corrected chi connectivity index (χ1v) is 5.18. The molecule has 0 radical (unpaired) electrons. The van der Waals surface area contributed by atoms with Crippen molar-refractivity contribution in [3.8, 4) is 0 Å². The van der Waals surface area contributed by atoms with Crippen molar-refractivity contribution in [2.75, 3.05) is 13.6 Å². The molecule has 1 N–H and O–H groups in total. The molecule has 0 unspecified atom stereocenters. The average molecular weight is 186 g/mol. The van der Waals surface area contributed by atoms with Gasteiger partial charge in [-0.3, -0.25) is 0 Å². The maximum Gasteiger partial charge on any atom is 0.168 e. The molecule has 1 fully saturated rings. The van der Waals surface area contributed by atoms with Gasteiger partial charge in [0, 0.05) is 19.6 Å². The Morgan fingerprint density at radius 2 is 2.25 bits per heavy atom. The van der Waals surface area contributed by atoms with Gasteiger partial charge in [-0.1, -0.05) is 13.3 Å². The van der Waals surface area contributed by atoms with E-state index in [0.29, 0.717) is 0 Å². The molecule has 1 saturated carbocycles. The van der Waals surface area contributed by atoms with Crippen molar-refractivity contribution in [2.45, 2.75) is 38.6 Å². The molecule has 0 aromatic rings. The Labute approximate surface area is 80.3 Å². The lowest BCUT2D eigenvalue weighted by atomic mass is 10.3. The maximum atomic E-state index is 5.22. The van der Waals surface area contributed by atoms with E-state index in [1.54, 1.807) is 0 Å². The Bertz CT molecular complexity index is 155. The quantitative estimate of drug-likeness (QED) is 0.673. The zero-order valence-corrected chi connectivity index (χ0v) is 8.78. The Kier molecular flexibility index (Phi) is 3.79. The fourth-order valence-electron chi connectivity index (χ4n) is 1.31. The Balaban J connectivity index is 2.32. The topological polar surface area (TPSA) is 15.3 Å². The van der Waals surface area contributed by atoms with Crippen LogP contribution in [0.4, 0.5) is 0 Å². The zero-order chi connectivity index (χ0) is 8.97. The highest BCUT2D eigenvalue weighted by molar-refractivity contribution is 7.80. The molecule has 1 rings (SSSR count). The lowest BCUT2D eigenvalue weighted by Crippen LogP contribution is -2.39. The van der Waals surface area contributed by atoms with Crippen LogP contribution < -0.4 is 5.32 Å². The van der Waals surface area contributed by atoms with E-state index in [9.17, 15) is 0 Å². The third-order valence-electron chi connectivity index (χ3n) is 2.21. The second kappa shape index (κ2) is 4.65. The number of unbranched alkanes of at least 4 members (excludes halogenated alkanes) is 1. The number of rotatable bonds is 4. The summed E-state index contributed by atoms with van der Waals surface area (Å²) in [5, 5.41) is 3.97. The summed E-state index contributed by atoms with van der Waals surface area (Å²) >= 11 is 5.22. The van der Waals surface area contributed by atoms with Gasteiger partial charge >= 0.3 is 0 Å². The number of hydrogen-bond acceptors (Lipinski definition) is 1. The molecule has 70 valence electrons. The lowest BCUT2D eigenvalue weighted by molar-refractivity contribution is 0.395. The molecule has 0 aliphatic heterocycles. The van der Waals surface area contributed by atoms with Crippen LogP contribution in [0.25, 0.3) is 0 Å². The van der Waals surface area contributed by atoms with E-state index in [2.05, 4.69) is 17.1 Å². The first kappa shape index (κ1) is 9.78. The summed E-state index contributed by atoms with van der Waals surface area (Å²) in [4.78, 5) is 2.33. The zero-order valence-electron chi connectivity index (χ0n) is 7.97. The summed E-state index contributed by atoms with van der Waals surface area (Å²) in [6, 6.07) is 0.747. The van der Waals surface area contributed by atoms with Gasteiger partial charge in [0.1, 0.15) is 0 Å². The molecule has 0 saturated heterocycles. The Morgan fingerprint density at radius 1 is 1.58 bits per heavy atom. The summed E-state index contributed by atoms with van der Waals surface area (Å²) in [6.45, 7) is 3.34. The van der Waals surface area contributed by atoms with Crippen LogP contribution in [0.2, 0.25) is 0 Å². The molecular formula is C9H18N2S. The molecule has 0 atom stereocenters. The van der Waals surface area contributed by atoms with Crippen molar-refractivity contribution in [1.29, 1.82) is 0 Å². The van der Waals surface area contributed by atoms with Crippen LogP contribution >= 0.6 is 12.2 Å². The predicted molar refractivity (Wildman–Crippen MR) is 56.3 cm³/mol. The molecule has 0 heterocycles. The van der Waals surface area contributed by atoms with E-state index in [1.165, 1.54) is 25.7 Å². The average Bonchev–Trinajstić information content (AvgIpc) is 2.88. The SMILES string of the molecule is CCCCN(C(=S)NC)C1CC1. The number of hydrogen-bond donors (Lipinski definition) is 1. The van der Waals surface area contributed by atoms with Crippen LogP contribution in [0.15, 0.2) is 0 Å². The van der Waals surface area contributed by atoms with E-state index in [0.717, 1.165) is 17.7 Å². The molecule has 0 amide bonds. The summed E-state index contributed by atoms with van der Waals surface area (Å²) in [7, 11) is 1.91. The fourth-order valence-corrected chi connectivity index (χ4v) is 1.55. The lowest BCUT2D eigenvalue weighted by Gasteiger charge is -2.24. The summed E-state index contributed by atoms with van der Waals surface area (Å²) in [5.74, 6) is 0. The minimum atomic E-state index is 0.747. The van der Waals surface area contributed by atoms with Gasteiger partial charge in [0.05, 0.1) is 0 Å². The smallest absolute Gasteiger partial charge is 0.168 e. The van der Waals surface area contributed by atoms with Gasteiger partial charge in [0.25, 0.3) is 0 Å². The molecule has 0 aromatic heterocycles. The van der Waals surface area contributed by atoms with Gasteiger partial charge in [0.15, 0.2) is 5.11 Å². The van der Waals surface area contributed by atoms with Gasteiger partial charge < -0.3 is 10.2 Å². The van der Waals surface area contributed by atoms with Crippen molar-refractivity contribution in [1.82, 2.24) is 10.2 Å². The van der Waals surface area contributed by atoms with E-state index in [4.69, 9.17) is 12.2 Å². The second-order valence-electron chi connectivity index (χ2n) is 3.33. The van der Waals surface area contributed by atoms with E-state index < -0.39 is 0 Å². The van der Waals surface area contributed by atoms with Crippen LogP contribution in [0.5, 0.6) is 0 Å². The molecule has 0 spiro atoms. The van der Waals surface area contributed by atoms with Crippen molar-refractivity contribution in [3.05, 3.63) is 0 Å². The molecule has 1 aliphatic carbocycles. The molecule has 0 bridgehead atoms. The standard InChI is InChI=1S/C9H18N2S/c1-3-4-7-11(8-5-6-8)9(12)10-2/h8H,3-7H2,1-2H3,(H,10,12). The third kappa shape index (κ3) is 2.63. The first-order chi connectivity index (χ1) is 5.79. The van der Waals surface area contributed by atoms with Crippen LogP contribution in [0.1, 0.15) is 32.6 Å². The highest BCUT2D eigenvalue weighted by Gasteiger charge is 2.29. The first-order valence-electron chi connectivity index (χ1n) is 4.78. The van der Waals surface area contributed by atoms with Gasteiger partial charge in [0.2, 0.25) is 0 Å². The predicted octanol–water partition coefficient (Wildman–Crippen LogP) is 1.76. The number of nitrogens with zero attached hydrogens (tertiary/aromatic N) is 1. The van der Waals surface area contributed by atoms with Crippen molar-refractivity contribution >= 4 is 17.3 Å². The summed E-state index contributed by atoms with van der Waals surface area (Å²) < 4.78 is 0. The molecular weight excluding hydrogens is 168 g/mol. The monoisotopic (exact) mass is 186 g/mol. The van der Waals surface area contributed by atoms with E-state index in [1.807, 2.05) is 7.05 Å². The summed E-state index contributed by atoms with van der Waals surface area (Å²) in [5.41, 5.74) is 0. The summed E-state index contributed by atoms with van der Waals surface area (Å²) in [6.07, 6.45) is 5.14. The Hall–Kier alpha value is -0.310. The minimum absolute atomic E-state index is 0.747. The van der Waals surface area contributed by atoms with Gasteiger partial charge in [-0.2, -0.15) is 0 Å². The van der Waals surface area contributed by atoms with Crippen molar-refractivity contribution in [2.24, 2.45) is 0 Å². The third-order valence-corrected chi connectivity index (χ3v) is 2.65. The van der Waals surface area contributed by atoms with Gasteiger partial charge in [-0.15, -0.1) is 0 Å². The molecule has 2 nitrogen and oxygen atoms in total. The molecule has 0 aromatic carbocycles. The van der Waals surface area contributed by atoms with Crippen LogP contribution in [0.3, 0.4) is 0 Å². The largest absolute Gasteiger partial charge is 0.366 e. The normalized spacial score (nSPS) is 15.8. The van der Waals surface area contributed by atoms with Crippen LogP contribution in [-0.2, 0) is 0 Å². The number of thiocarbonyl (C=S) groups is 1. The highest BCUT2D eigenvalue weighted by atomic mass is 32.1. The van der Waals surface area contributed by atoms with Crippen LogP contribution in [0, 0.1) is 0 Å². The van der Waals surface area contributed by atoms with Crippen LogP contribution in [-0.4, -0.2) is 29.6 Å². The maximum absolute atomic E-state index is 5.22. The van der Waals surface area contributed by atoms with Gasteiger partial charge in [-0.05, 0) is 31.5 Å². The number of nitrogens with one attached hydrogen (secondary N) is 1. The fraction of sp³-hybridized carbons (Fsp3) is 0.889. The molecule has 12 heavy (non-hydrogen) atoms. The second-order valence-corrected chi connectivity index (χ2v) is 3.72. The highest BCUT2D eigenvalue weighted by Crippen LogP contribution is 2.26. The molecule has 3 heteroatoms. The minimum Gasteiger partial charge on any atom is -0.366 e. The van der Waals surface area contributed by atoms with E-state index >= 15 is 0 Å². The Morgan fingerprint density at radius 3 is 2.67 bits per heavy atom. The van der Waals surface area contributed by atoms with Gasteiger partial charge in [-0.25, -0.2) is 0 Å². The van der Waals surface area contributed by atoms with E-state index in [-0.39, 0.29) is 0 Å².